The van der Waals surface area contributed by atoms with Crippen molar-refractivity contribution in [3.8, 4) is 0 Å². The van der Waals surface area contributed by atoms with Crippen LogP contribution in [0.25, 0.3) is 0 Å². The average Bonchev–Trinajstić information content (AvgIpc) is 2.53. The zero-order chi connectivity index (χ0) is 14.9. The van der Waals surface area contributed by atoms with Gasteiger partial charge in [-0.2, -0.15) is 0 Å². The summed E-state index contributed by atoms with van der Waals surface area (Å²) in [4.78, 5) is 4.54. The van der Waals surface area contributed by atoms with Crippen LogP contribution in [0, 0.1) is 0 Å². The second kappa shape index (κ2) is 9.46. The van der Waals surface area contributed by atoms with Crippen molar-refractivity contribution in [2.24, 2.45) is 0 Å². The van der Waals surface area contributed by atoms with Gasteiger partial charge in [-0.15, -0.1) is 0 Å². The van der Waals surface area contributed by atoms with E-state index in [2.05, 4.69) is 23.9 Å². The molecule has 0 N–H and O–H groups in total. The fraction of sp³-hybridized carbons (Fsp3) is 0.600. The molecule has 0 unspecified atom stereocenters. The summed E-state index contributed by atoms with van der Waals surface area (Å²) in [5, 5.41) is 0. The Balaban J connectivity index is 1.81. The number of hydrogen-bond donors (Lipinski definition) is 0. The van der Waals surface area contributed by atoms with Gasteiger partial charge in [0.1, 0.15) is 0 Å². The van der Waals surface area contributed by atoms with Crippen molar-refractivity contribution in [2.45, 2.75) is 6.61 Å². The number of likely N-dealkylation sites (N-methyl/N-ethyl adjacent to an activating group) is 2. The zero-order valence-corrected chi connectivity index (χ0v) is 13.8. The SMILES string of the molecule is CN1CCOP(OCc2ccccc2)OCCN(C)CC1. The van der Waals surface area contributed by atoms with Gasteiger partial charge >= 0.3 is 8.60 Å². The van der Waals surface area contributed by atoms with Crippen molar-refractivity contribution in [2.75, 3.05) is 53.5 Å². The second-order valence-corrected chi connectivity index (χ2v) is 6.48. The van der Waals surface area contributed by atoms with Gasteiger partial charge in [0.15, 0.2) is 0 Å². The lowest BCUT2D eigenvalue weighted by Gasteiger charge is -2.20. The zero-order valence-electron chi connectivity index (χ0n) is 12.9. The first-order chi connectivity index (χ1) is 10.2. The number of hydrogen-bond acceptors (Lipinski definition) is 5. The Morgan fingerprint density at radius 3 is 2.10 bits per heavy atom. The highest BCUT2D eigenvalue weighted by atomic mass is 31.2. The smallest absolute Gasteiger partial charge is 0.311 e. The Bertz CT molecular complexity index is 378. The highest BCUT2D eigenvalue weighted by Crippen LogP contribution is 2.40. The van der Waals surface area contributed by atoms with Gasteiger partial charge in [0.05, 0.1) is 19.8 Å². The van der Waals surface area contributed by atoms with Gasteiger partial charge in [0, 0.05) is 26.2 Å². The van der Waals surface area contributed by atoms with Crippen LogP contribution >= 0.6 is 8.60 Å². The molecule has 0 aliphatic carbocycles. The Morgan fingerprint density at radius 2 is 1.52 bits per heavy atom. The lowest BCUT2D eigenvalue weighted by Crippen LogP contribution is -2.33. The third kappa shape index (κ3) is 6.83. The van der Waals surface area contributed by atoms with E-state index in [0.717, 1.165) is 31.7 Å². The Kier molecular flexibility index (Phi) is 7.58. The molecule has 1 heterocycles. The van der Waals surface area contributed by atoms with E-state index in [1.807, 2.05) is 30.3 Å². The highest BCUT2D eigenvalue weighted by molar-refractivity contribution is 7.41. The first kappa shape index (κ1) is 16.8. The van der Waals surface area contributed by atoms with Crippen molar-refractivity contribution in [3.05, 3.63) is 35.9 Å². The van der Waals surface area contributed by atoms with E-state index in [9.17, 15) is 0 Å². The molecule has 0 saturated carbocycles. The van der Waals surface area contributed by atoms with Crippen LogP contribution in [0.4, 0.5) is 0 Å². The molecule has 2 rings (SSSR count). The van der Waals surface area contributed by atoms with Gasteiger partial charge in [-0.3, -0.25) is 0 Å². The van der Waals surface area contributed by atoms with Crippen LogP contribution in [0.5, 0.6) is 0 Å². The molecule has 1 aliphatic heterocycles. The Hall–Kier alpha value is -0.550. The van der Waals surface area contributed by atoms with E-state index in [-0.39, 0.29) is 0 Å². The Morgan fingerprint density at radius 1 is 0.952 bits per heavy atom. The van der Waals surface area contributed by atoms with E-state index in [0.29, 0.717) is 19.8 Å². The predicted molar refractivity (Wildman–Crippen MR) is 85.0 cm³/mol. The molecule has 0 radical (unpaired) electrons. The number of benzene rings is 1. The molecule has 0 bridgehead atoms. The van der Waals surface area contributed by atoms with Gasteiger partial charge in [-0.25, -0.2) is 0 Å². The quantitative estimate of drug-likeness (QED) is 0.800. The molecule has 1 saturated heterocycles. The molecular weight excluding hydrogens is 287 g/mol. The number of rotatable bonds is 3. The minimum atomic E-state index is -1.27. The maximum atomic E-state index is 5.80. The van der Waals surface area contributed by atoms with Crippen molar-refractivity contribution >= 4 is 8.60 Å². The third-order valence-electron chi connectivity index (χ3n) is 3.38. The van der Waals surface area contributed by atoms with Crippen molar-refractivity contribution < 1.29 is 13.6 Å². The van der Waals surface area contributed by atoms with Crippen LogP contribution in [-0.2, 0) is 20.2 Å². The highest BCUT2D eigenvalue weighted by Gasteiger charge is 2.15. The lowest BCUT2D eigenvalue weighted by molar-refractivity contribution is 0.144. The maximum absolute atomic E-state index is 5.80. The summed E-state index contributed by atoms with van der Waals surface area (Å²) in [6, 6.07) is 10.1. The molecule has 1 aromatic carbocycles. The summed E-state index contributed by atoms with van der Waals surface area (Å²) in [5.74, 6) is 0. The van der Waals surface area contributed by atoms with E-state index >= 15 is 0 Å². The minimum absolute atomic E-state index is 0.526. The third-order valence-corrected chi connectivity index (χ3v) is 4.51. The molecule has 0 spiro atoms. The first-order valence-corrected chi connectivity index (χ1v) is 8.43. The molecule has 1 fully saturated rings. The van der Waals surface area contributed by atoms with Gasteiger partial charge in [0.2, 0.25) is 0 Å². The monoisotopic (exact) mass is 312 g/mol. The fourth-order valence-electron chi connectivity index (χ4n) is 1.92. The normalized spacial score (nSPS) is 21.0. The maximum Gasteiger partial charge on any atom is 0.333 e. The van der Waals surface area contributed by atoms with Crippen LogP contribution in [-0.4, -0.2) is 63.3 Å². The molecule has 0 atom stereocenters. The molecule has 0 amide bonds. The summed E-state index contributed by atoms with van der Waals surface area (Å²) in [6.45, 7) is 5.68. The molecule has 1 aliphatic rings. The lowest BCUT2D eigenvalue weighted by atomic mass is 10.2. The molecule has 6 heteroatoms. The van der Waals surface area contributed by atoms with Crippen molar-refractivity contribution in [1.82, 2.24) is 9.80 Å². The molecule has 21 heavy (non-hydrogen) atoms. The molecule has 1 aromatic rings. The van der Waals surface area contributed by atoms with E-state index in [1.165, 1.54) is 0 Å². The summed E-state index contributed by atoms with van der Waals surface area (Å²) in [6.07, 6.45) is 0. The topological polar surface area (TPSA) is 34.2 Å². The Labute approximate surface area is 128 Å². The van der Waals surface area contributed by atoms with Crippen molar-refractivity contribution in [1.29, 1.82) is 0 Å². The van der Waals surface area contributed by atoms with E-state index in [4.69, 9.17) is 13.6 Å². The number of nitrogens with zero attached hydrogens (tertiary/aromatic N) is 2. The molecule has 5 nitrogen and oxygen atoms in total. The summed E-state index contributed by atoms with van der Waals surface area (Å²) in [5.41, 5.74) is 1.13. The van der Waals surface area contributed by atoms with E-state index in [1.54, 1.807) is 0 Å². The average molecular weight is 312 g/mol. The van der Waals surface area contributed by atoms with Crippen LogP contribution < -0.4 is 0 Å². The minimum Gasteiger partial charge on any atom is -0.311 e. The summed E-state index contributed by atoms with van der Waals surface area (Å²) >= 11 is 0. The fourth-order valence-corrected chi connectivity index (χ4v) is 2.86. The van der Waals surface area contributed by atoms with Crippen LogP contribution in [0.1, 0.15) is 5.56 Å². The van der Waals surface area contributed by atoms with Gasteiger partial charge in [-0.05, 0) is 19.7 Å². The van der Waals surface area contributed by atoms with Crippen molar-refractivity contribution in [3.63, 3.8) is 0 Å². The van der Waals surface area contributed by atoms with Crippen LogP contribution in [0.3, 0.4) is 0 Å². The molecular formula is C15H25N2O3P. The predicted octanol–water partition coefficient (Wildman–Crippen LogP) is 2.34. The van der Waals surface area contributed by atoms with Crippen LogP contribution in [0.15, 0.2) is 30.3 Å². The molecule has 0 aromatic heterocycles. The first-order valence-electron chi connectivity index (χ1n) is 7.34. The van der Waals surface area contributed by atoms with Gasteiger partial charge in [-0.1, -0.05) is 30.3 Å². The van der Waals surface area contributed by atoms with Gasteiger partial charge < -0.3 is 23.4 Å². The largest absolute Gasteiger partial charge is 0.333 e. The van der Waals surface area contributed by atoms with Crippen LogP contribution in [0.2, 0.25) is 0 Å². The van der Waals surface area contributed by atoms with Gasteiger partial charge in [0.25, 0.3) is 0 Å². The van der Waals surface area contributed by atoms with E-state index < -0.39 is 8.60 Å². The second-order valence-electron chi connectivity index (χ2n) is 5.26. The summed E-state index contributed by atoms with van der Waals surface area (Å²) in [7, 11) is 2.96. The summed E-state index contributed by atoms with van der Waals surface area (Å²) < 4.78 is 17.3. The standard InChI is InChI=1S/C15H25N2O3P/c1-16-8-9-17(2)11-13-19-21(18-12-10-16)20-14-15-6-4-3-5-7-15/h3-7H,8-14H2,1-2H3. The molecule has 118 valence electrons.